The molecule has 0 amide bonds. The molecule has 5 atom stereocenters. The van der Waals surface area contributed by atoms with Gasteiger partial charge in [-0.1, -0.05) is 42.0 Å². The van der Waals surface area contributed by atoms with Crippen LogP contribution in [0.25, 0.3) is 0 Å². The van der Waals surface area contributed by atoms with Crippen LogP contribution in [0.1, 0.15) is 39.0 Å². The number of ether oxygens (including phenoxy) is 2. The van der Waals surface area contributed by atoms with Gasteiger partial charge >= 0.3 is 0 Å². The summed E-state index contributed by atoms with van der Waals surface area (Å²) in [5.41, 5.74) is -0.0397. The fourth-order valence-electron chi connectivity index (χ4n) is 4.48. The minimum Gasteiger partial charge on any atom is -0.393 e. The van der Waals surface area contributed by atoms with E-state index in [0.717, 1.165) is 36.5 Å². The Morgan fingerprint density at radius 2 is 2.00 bits per heavy atom. The van der Waals surface area contributed by atoms with Crippen molar-refractivity contribution < 1.29 is 24.8 Å². The van der Waals surface area contributed by atoms with Crippen LogP contribution in [-0.2, 0) is 9.47 Å². The van der Waals surface area contributed by atoms with Crippen molar-refractivity contribution in [3.63, 3.8) is 0 Å². The molecule has 0 aromatic rings. The Labute approximate surface area is 178 Å². The van der Waals surface area contributed by atoms with E-state index in [1.165, 1.54) is 0 Å². The van der Waals surface area contributed by atoms with Crippen LogP contribution in [-0.4, -0.2) is 59.1 Å². The van der Waals surface area contributed by atoms with E-state index >= 15 is 0 Å². The average Bonchev–Trinajstić information content (AvgIpc) is 2.91. The van der Waals surface area contributed by atoms with Gasteiger partial charge in [-0.3, -0.25) is 0 Å². The molecule has 0 spiro atoms. The quantitative estimate of drug-likeness (QED) is 0.547. The van der Waals surface area contributed by atoms with E-state index in [2.05, 4.69) is 18.2 Å². The zero-order chi connectivity index (χ0) is 20.9. The van der Waals surface area contributed by atoms with Crippen LogP contribution in [0.3, 0.4) is 0 Å². The summed E-state index contributed by atoms with van der Waals surface area (Å²) in [5, 5.41) is 30.5. The molecule has 5 nitrogen and oxygen atoms in total. The molecule has 3 N–H and O–H groups in total. The predicted molar refractivity (Wildman–Crippen MR) is 114 cm³/mol. The van der Waals surface area contributed by atoms with Crippen LogP contribution in [0.5, 0.6) is 0 Å². The standard InChI is InChI=1S/C23H33ClO5/c1-2-28-20-8-6-16(7-9-20)10-18-11-17(4-3-5-21(18)24)22-12-19(27)13-23(14-25,15-26)29-22/h3-6,8,11,16-17,19-20,22,25-27H,2,7,9-10,12-15H2,1H3. The Bertz CT molecular complexity index is 664. The first-order valence-corrected chi connectivity index (χ1v) is 11.0. The fraction of sp³-hybridized carbons (Fsp3) is 0.652. The minimum atomic E-state index is -1.10. The highest BCUT2D eigenvalue weighted by atomic mass is 35.5. The van der Waals surface area contributed by atoms with Crippen LogP contribution in [0.15, 0.2) is 47.1 Å². The normalized spacial score (nSPS) is 34.4. The molecular formula is C23H33ClO5. The van der Waals surface area contributed by atoms with E-state index in [1.807, 2.05) is 25.2 Å². The first kappa shape index (κ1) is 22.7. The van der Waals surface area contributed by atoms with Crippen LogP contribution >= 0.6 is 11.6 Å². The molecule has 29 heavy (non-hydrogen) atoms. The monoisotopic (exact) mass is 424 g/mol. The van der Waals surface area contributed by atoms with Crippen LogP contribution < -0.4 is 0 Å². The molecule has 0 saturated carbocycles. The van der Waals surface area contributed by atoms with Gasteiger partial charge < -0.3 is 24.8 Å². The summed E-state index contributed by atoms with van der Waals surface area (Å²) < 4.78 is 11.8. The maximum absolute atomic E-state index is 10.3. The van der Waals surface area contributed by atoms with Gasteiger partial charge in [0.1, 0.15) is 5.60 Å². The van der Waals surface area contributed by atoms with Crippen molar-refractivity contribution in [1.29, 1.82) is 0 Å². The smallest absolute Gasteiger partial charge is 0.117 e. The van der Waals surface area contributed by atoms with E-state index in [-0.39, 0.29) is 37.8 Å². The molecule has 1 heterocycles. The lowest BCUT2D eigenvalue weighted by Gasteiger charge is -2.43. The van der Waals surface area contributed by atoms with Crippen LogP contribution in [0.2, 0.25) is 0 Å². The first-order valence-electron chi connectivity index (χ1n) is 10.6. The van der Waals surface area contributed by atoms with Gasteiger partial charge in [-0.2, -0.15) is 0 Å². The Kier molecular flexibility index (Phi) is 8.14. The summed E-state index contributed by atoms with van der Waals surface area (Å²) in [6.07, 6.45) is 15.2. The summed E-state index contributed by atoms with van der Waals surface area (Å²) in [6, 6.07) is 0. The zero-order valence-electron chi connectivity index (χ0n) is 17.0. The molecule has 1 fully saturated rings. The lowest BCUT2D eigenvalue weighted by Crippen LogP contribution is -2.52. The number of hydrogen-bond acceptors (Lipinski definition) is 5. The molecular weight excluding hydrogens is 392 g/mol. The van der Waals surface area contributed by atoms with Crippen molar-refractivity contribution in [3.8, 4) is 0 Å². The molecule has 5 unspecified atom stereocenters. The summed E-state index contributed by atoms with van der Waals surface area (Å²) >= 11 is 6.55. The highest BCUT2D eigenvalue weighted by Gasteiger charge is 2.42. The number of allylic oxidation sites excluding steroid dienone is 5. The third-order valence-corrected chi connectivity index (χ3v) is 6.45. The lowest BCUT2D eigenvalue weighted by atomic mass is 9.84. The highest BCUT2D eigenvalue weighted by molar-refractivity contribution is 6.32. The topological polar surface area (TPSA) is 79.2 Å². The fourth-order valence-corrected chi connectivity index (χ4v) is 4.70. The first-order chi connectivity index (χ1) is 14.0. The van der Waals surface area contributed by atoms with Crippen LogP contribution in [0, 0.1) is 11.8 Å². The second-order valence-electron chi connectivity index (χ2n) is 8.34. The molecule has 162 valence electrons. The second kappa shape index (κ2) is 10.4. The largest absolute Gasteiger partial charge is 0.393 e. The molecule has 1 aliphatic heterocycles. The van der Waals surface area contributed by atoms with E-state index in [4.69, 9.17) is 21.1 Å². The van der Waals surface area contributed by atoms with Crippen molar-refractivity contribution >= 4 is 11.6 Å². The molecule has 1 saturated heterocycles. The summed E-state index contributed by atoms with van der Waals surface area (Å²) in [6.45, 7) is 2.09. The Hall–Kier alpha value is -0.950. The van der Waals surface area contributed by atoms with Crippen molar-refractivity contribution in [1.82, 2.24) is 0 Å². The number of aliphatic hydroxyl groups is 3. The molecule has 6 heteroatoms. The predicted octanol–water partition coefficient (Wildman–Crippen LogP) is 3.25. The lowest BCUT2D eigenvalue weighted by molar-refractivity contribution is -0.201. The highest BCUT2D eigenvalue weighted by Crippen LogP contribution is 2.37. The second-order valence-corrected chi connectivity index (χ2v) is 8.75. The zero-order valence-corrected chi connectivity index (χ0v) is 17.8. The molecule has 0 aromatic heterocycles. The average molecular weight is 425 g/mol. The molecule has 3 rings (SSSR count). The summed E-state index contributed by atoms with van der Waals surface area (Å²) in [7, 11) is 0. The maximum atomic E-state index is 10.3. The molecule has 0 aromatic carbocycles. The van der Waals surface area contributed by atoms with Gasteiger partial charge in [-0.25, -0.2) is 0 Å². The van der Waals surface area contributed by atoms with Gasteiger partial charge in [0.15, 0.2) is 0 Å². The number of hydrogen-bond donors (Lipinski definition) is 3. The molecule has 0 radical (unpaired) electrons. The molecule has 3 aliphatic rings. The van der Waals surface area contributed by atoms with E-state index in [0.29, 0.717) is 12.3 Å². The summed E-state index contributed by atoms with van der Waals surface area (Å²) in [5.74, 6) is 0.319. The Morgan fingerprint density at radius 1 is 1.21 bits per heavy atom. The van der Waals surface area contributed by atoms with Gasteiger partial charge in [0.05, 0.1) is 31.5 Å². The number of rotatable bonds is 7. The van der Waals surface area contributed by atoms with E-state index in [9.17, 15) is 15.3 Å². The summed E-state index contributed by atoms with van der Waals surface area (Å²) in [4.78, 5) is 0. The number of halogens is 1. The van der Waals surface area contributed by atoms with Gasteiger partial charge in [-0.05, 0) is 43.8 Å². The van der Waals surface area contributed by atoms with Gasteiger partial charge in [0.2, 0.25) is 0 Å². The van der Waals surface area contributed by atoms with E-state index < -0.39 is 11.7 Å². The van der Waals surface area contributed by atoms with Gasteiger partial charge in [0.25, 0.3) is 0 Å². The van der Waals surface area contributed by atoms with Crippen molar-refractivity contribution in [2.24, 2.45) is 11.8 Å². The minimum absolute atomic E-state index is 0.0892. The number of aliphatic hydroxyl groups excluding tert-OH is 3. The molecule has 2 aliphatic carbocycles. The van der Waals surface area contributed by atoms with Gasteiger partial charge in [0, 0.05) is 30.4 Å². The van der Waals surface area contributed by atoms with Crippen molar-refractivity contribution in [3.05, 3.63) is 47.1 Å². The van der Waals surface area contributed by atoms with Crippen molar-refractivity contribution in [2.45, 2.75) is 62.9 Å². The van der Waals surface area contributed by atoms with Crippen molar-refractivity contribution in [2.75, 3.05) is 19.8 Å². The Morgan fingerprint density at radius 3 is 2.66 bits per heavy atom. The van der Waals surface area contributed by atoms with E-state index in [1.54, 1.807) is 0 Å². The third kappa shape index (κ3) is 5.81. The third-order valence-electron chi connectivity index (χ3n) is 6.08. The molecule has 0 bridgehead atoms. The van der Waals surface area contributed by atoms with Gasteiger partial charge in [-0.15, -0.1) is 0 Å². The van der Waals surface area contributed by atoms with Crippen LogP contribution in [0.4, 0.5) is 0 Å². The SMILES string of the molecule is CCOC1C=CC(CC2=CC(C3CC(O)CC(CO)(CO)O3)C=CC=C2Cl)CC1. The maximum Gasteiger partial charge on any atom is 0.117 e. The Balaban J connectivity index is 1.73.